The molecule has 1 atom stereocenters. The summed E-state index contributed by atoms with van der Waals surface area (Å²) in [5, 5.41) is 0. The molecule has 1 aromatic heterocycles. The Hall–Kier alpha value is -2.47. The molecule has 1 aromatic carbocycles. The molecule has 27 heavy (non-hydrogen) atoms. The highest BCUT2D eigenvalue weighted by atomic mass is 16.7. The summed E-state index contributed by atoms with van der Waals surface area (Å²) in [5.74, 6) is 0.339. The third kappa shape index (κ3) is 3.18. The van der Waals surface area contributed by atoms with E-state index in [-0.39, 0.29) is 0 Å². The number of anilines is 1. The van der Waals surface area contributed by atoms with Gasteiger partial charge >= 0.3 is 0 Å². The van der Waals surface area contributed by atoms with Crippen LogP contribution in [0.15, 0.2) is 35.6 Å². The number of nitrogens with two attached hydrogens (primary N) is 1. The lowest BCUT2D eigenvalue weighted by Gasteiger charge is -2.36. The molecule has 2 heterocycles. The molecule has 6 heteroatoms. The smallest absolute Gasteiger partial charge is 0.256 e. The number of methoxy groups -OCH3 is 1. The topological polar surface area (TPSA) is 82.6 Å². The third-order valence-electron chi connectivity index (χ3n) is 5.72. The molecule has 0 bridgehead atoms. The molecule has 2 aromatic rings. The molecule has 142 valence electrons. The molecular weight excluding hydrogens is 340 g/mol. The second-order valence-electron chi connectivity index (χ2n) is 7.24. The van der Waals surface area contributed by atoms with Crippen molar-refractivity contribution in [2.24, 2.45) is 4.99 Å². The lowest BCUT2D eigenvalue weighted by molar-refractivity contribution is -0.112. The van der Waals surface area contributed by atoms with Crippen molar-refractivity contribution in [3.8, 4) is 5.88 Å². The van der Waals surface area contributed by atoms with Crippen LogP contribution in [0.3, 0.4) is 0 Å². The van der Waals surface area contributed by atoms with Gasteiger partial charge in [-0.2, -0.15) is 4.98 Å². The summed E-state index contributed by atoms with van der Waals surface area (Å²) in [5.41, 5.74) is 9.53. The lowest BCUT2D eigenvalue weighted by Crippen LogP contribution is -2.48. The highest BCUT2D eigenvalue weighted by Gasteiger charge is 2.42. The van der Waals surface area contributed by atoms with E-state index in [1.165, 1.54) is 44.0 Å². The molecule has 2 aliphatic rings. The first kappa shape index (κ1) is 17.9. The lowest BCUT2D eigenvalue weighted by atomic mass is 9.83. The van der Waals surface area contributed by atoms with E-state index in [1.54, 1.807) is 7.11 Å². The molecular formula is C21H26N4O2. The molecule has 1 saturated carbocycles. The molecule has 0 radical (unpaired) electrons. The van der Waals surface area contributed by atoms with Crippen LogP contribution >= 0.6 is 0 Å². The van der Waals surface area contributed by atoms with Crippen LogP contribution in [-0.2, 0) is 4.74 Å². The van der Waals surface area contributed by atoms with Gasteiger partial charge in [-0.3, -0.25) is 0 Å². The standard InChI is InChI=1S/C21H26N4O2/c1-3-21(26-2)18(25-17-19(22)23-13-24-20(17)27-21)16-11-9-15(10-12-16)14-7-5-4-6-8-14/h9-14H,3-8H2,1-2H3,(H2,22,23,24). The summed E-state index contributed by atoms with van der Waals surface area (Å²) in [6.07, 6.45) is 8.54. The van der Waals surface area contributed by atoms with Crippen molar-refractivity contribution < 1.29 is 9.47 Å². The van der Waals surface area contributed by atoms with Crippen molar-refractivity contribution in [2.45, 2.75) is 57.2 Å². The van der Waals surface area contributed by atoms with Crippen molar-refractivity contribution >= 4 is 17.2 Å². The van der Waals surface area contributed by atoms with Gasteiger partial charge in [0.2, 0.25) is 5.88 Å². The van der Waals surface area contributed by atoms with Crippen LogP contribution in [0.4, 0.5) is 11.5 Å². The van der Waals surface area contributed by atoms with Crippen molar-refractivity contribution in [3.63, 3.8) is 0 Å². The Bertz CT molecular complexity index is 838. The van der Waals surface area contributed by atoms with Gasteiger partial charge in [0.05, 0.1) is 0 Å². The quantitative estimate of drug-likeness (QED) is 0.868. The summed E-state index contributed by atoms with van der Waals surface area (Å²) in [6.45, 7) is 2.00. The molecule has 1 aliphatic carbocycles. The predicted molar refractivity (Wildman–Crippen MR) is 106 cm³/mol. The number of aliphatic imine (C=N–C) groups is 1. The first-order valence-corrected chi connectivity index (χ1v) is 9.71. The molecule has 0 spiro atoms. The number of aromatic nitrogens is 2. The normalized spacial score (nSPS) is 22.7. The van der Waals surface area contributed by atoms with Gasteiger partial charge in [-0.15, -0.1) is 0 Å². The van der Waals surface area contributed by atoms with Gasteiger partial charge in [-0.1, -0.05) is 50.5 Å². The number of fused-ring (bicyclic) bond motifs is 1. The van der Waals surface area contributed by atoms with Crippen LogP contribution in [0.5, 0.6) is 5.88 Å². The minimum absolute atomic E-state index is 0.303. The molecule has 1 aliphatic heterocycles. The summed E-state index contributed by atoms with van der Waals surface area (Å²) in [4.78, 5) is 13.0. The number of nitrogens with zero attached hydrogens (tertiary/aromatic N) is 3. The molecule has 0 saturated heterocycles. The third-order valence-corrected chi connectivity index (χ3v) is 5.72. The number of benzene rings is 1. The molecule has 0 amide bonds. The second kappa shape index (κ2) is 7.27. The highest BCUT2D eigenvalue weighted by molar-refractivity contribution is 6.08. The van der Waals surface area contributed by atoms with Crippen LogP contribution in [-0.4, -0.2) is 28.6 Å². The van der Waals surface area contributed by atoms with Gasteiger partial charge < -0.3 is 15.2 Å². The maximum absolute atomic E-state index is 6.13. The van der Waals surface area contributed by atoms with Gasteiger partial charge in [-0.25, -0.2) is 9.98 Å². The van der Waals surface area contributed by atoms with E-state index in [0.29, 0.717) is 35.4 Å². The Labute approximate surface area is 159 Å². The fraction of sp³-hybridized carbons (Fsp3) is 0.476. The maximum Gasteiger partial charge on any atom is 0.256 e. The summed E-state index contributed by atoms with van der Waals surface area (Å²) in [6, 6.07) is 8.65. The zero-order chi connectivity index (χ0) is 18.9. The molecule has 2 N–H and O–H groups in total. The number of hydrogen-bond acceptors (Lipinski definition) is 6. The van der Waals surface area contributed by atoms with Crippen molar-refractivity contribution in [1.29, 1.82) is 0 Å². The fourth-order valence-corrected chi connectivity index (χ4v) is 4.11. The first-order chi connectivity index (χ1) is 13.2. The Kier molecular flexibility index (Phi) is 4.83. The van der Waals surface area contributed by atoms with E-state index in [0.717, 1.165) is 5.56 Å². The summed E-state index contributed by atoms with van der Waals surface area (Å²) >= 11 is 0. The van der Waals surface area contributed by atoms with Crippen LogP contribution in [0.1, 0.15) is 62.5 Å². The van der Waals surface area contributed by atoms with Crippen LogP contribution in [0.25, 0.3) is 0 Å². The zero-order valence-corrected chi connectivity index (χ0v) is 15.9. The zero-order valence-electron chi connectivity index (χ0n) is 15.9. The number of ether oxygens (including phenoxy) is 2. The number of hydrogen-bond donors (Lipinski definition) is 1. The largest absolute Gasteiger partial charge is 0.437 e. The van der Waals surface area contributed by atoms with Crippen LogP contribution in [0, 0.1) is 0 Å². The summed E-state index contributed by atoms with van der Waals surface area (Å²) in [7, 11) is 1.63. The predicted octanol–water partition coefficient (Wildman–Crippen LogP) is 4.37. The van der Waals surface area contributed by atoms with Gasteiger partial charge in [-0.05, 0) is 24.3 Å². The average Bonchev–Trinajstić information content (AvgIpc) is 2.74. The van der Waals surface area contributed by atoms with E-state index in [9.17, 15) is 0 Å². The van der Waals surface area contributed by atoms with Crippen molar-refractivity contribution in [2.75, 3.05) is 12.8 Å². The minimum atomic E-state index is -0.986. The van der Waals surface area contributed by atoms with Crippen LogP contribution < -0.4 is 10.5 Å². The van der Waals surface area contributed by atoms with E-state index in [1.807, 2.05) is 6.92 Å². The summed E-state index contributed by atoms with van der Waals surface area (Å²) < 4.78 is 11.9. The van der Waals surface area contributed by atoms with Crippen molar-refractivity contribution in [3.05, 3.63) is 41.7 Å². The van der Waals surface area contributed by atoms with Gasteiger partial charge in [0.25, 0.3) is 5.79 Å². The Morgan fingerprint density at radius 2 is 1.89 bits per heavy atom. The maximum atomic E-state index is 6.13. The SMILES string of the molecule is CCC1(OC)Oc2ncnc(N)c2N=C1c1ccc(C2CCCCC2)cc1. The number of nitrogen functional groups attached to an aromatic ring is 1. The molecule has 1 fully saturated rings. The Morgan fingerprint density at radius 3 is 2.56 bits per heavy atom. The van der Waals surface area contributed by atoms with Gasteiger partial charge in [0.1, 0.15) is 12.0 Å². The fourth-order valence-electron chi connectivity index (χ4n) is 4.11. The van der Waals surface area contributed by atoms with Gasteiger partial charge in [0, 0.05) is 19.1 Å². The van der Waals surface area contributed by atoms with Crippen molar-refractivity contribution in [1.82, 2.24) is 9.97 Å². The van der Waals surface area contributed by atoms with Crippen LogP contribution in [0.2, 0.25) is 0 Å². The highest BCUT2D eigenvalue weighted by Crippen LogP contribution is 2.41. The van der Waals surface area contributed by atoms with E-state index >= 15 is 0 Å². The van der Waals surface area contributed by atoms with Gasteiger partial charge in [0.15, 0.2) is 11.5 Å². The van der Waals surface area contributed by atoms with E-state index in [4.69, 9.17) is 20.2 Å². The molecule has 4 rings (SSSR count). The van der Waals surface area contributed by atoms with E-state index < -0.39 is 5.79 Å². The first-order valence-electron chi connectivity index (χ1n) is 9.71. The minimum Gasteiger partial charge on any atom is -0.437 e. The second-order valence-corrected chi connectivity index (χ2v) is 7.24. The number of rotatable bonds is 4. The average molecular weight is 366 g/mol. The Morgan fingerprint density at radius 1 is 1.15 bits per heavy atom. The molecule has 6 nitrogen and oxygen atoms in total. The monoisotopic (exact) mass is 366 g/mol. The molecule has 1 unspecified atom stereocenters. The Balaban J connectivity index is 1.74. The van der Waals surface area contributed by atoms with E-state index in [2.05, 4.69) is 34.2 Å².